The van der Waals surface area contributed by atoms with Gasteiger partial charge in [0.15, 0.2) is 5.82 Å². The zero-order valence-corrected chi connectivity index (χ0v) is 19.3. The van der Waals surface area contributed by atoms with Crippen molar-refractivity contribution in [3.8, 4) is 17.0 Å². The molecule has 0 saturated carbocycles. The molecule has 34 heavy (non-hydrogen) atoms. The Morgan fingerprint density at radius 3 is 2.53 bits per heavy atom. The Balaban J connectivity index is 1.40. The Morgan fingerprint density at radius 2 is 1.82 bits per heavy atom. The second kappa shape index (κ2) is 8.83. The van der Waals surface area contributed by atoms with Crippen LogP contribution in [0.15, 0.2) is 54.6 Å². The predicted octanol–water partition coefficient (Wildman–Crippen LogP) is 2.92. The van der Waals surface area contributed by atoms with Gasteiger partial charge in [0.2, 0.25) is 0 Å². The average molecular weight is 461 g/mol. The number of carbonyl (C=O) groups excluding carboxylic acids is 1. The molecular weight excluding hydrogens is 432 g/mol. The molecule has 0 spiro atoms. The maximum absolute atomic E-state index is 12.6. The number of piperazine rings is 1. The van der Waals surface area contributed by atoms with Gasteiger partial charge in [-0.15, -0.1) is 10.2 Å². The molecule has 2 aliphatic rings. The molecule has 2 saturated heterocycles. The number of hydrogen-bond donors (Lipinski definition) is 2. The van der Waals surface area contributed by atoms with E-state index < -0.39 is 0 Å². The maximum atomic E-state index is 12.6. The molecule has 5 rings (SSSR count). The number of carbonyl (C=O) groups is 1. The van der Waals surface area contributed by atoms with Crippen LogP contribution in [0.3, 0.4) is 0 Å². The lowest BCUT2D eigenvalue weighted by molar-refractivity contribution is -0.0756. The summed E-state index contributed by atoms with van der Waals surface area (Å²) in [6, 6.07) is 17.3. The standard InChI is InChI=1S/C25H28N6O3/c1-29(34-2)25(33)16-6-5-7-17(12-16)31-18-10-11-19(31)15-30(14-18)22-13-21(27-28-24(22)26)20-8-3-4-9-23(20)32/h3-9,12-13,18-19,32H,10-11,14-15H2,1-2H3,(H2,26,28). The van der Waals surface area contributed by atoms with E-state index in [4.69, 9.17) is 10.6 Å². The first-order chi connectivity index (χ1) is 16.5. The summed E-state index contributed by atoms with van der Waals surface area (Å²) >= 11 is 0. The number of fused-ring (bicyclic) bond motifs is 2. The fourth-order valence-corrected chi connectivity index (χ4v) is 5.05. The van der Waals surface area contributed by atoms with Gasteiger partial charge in [0.25, 0.3) is 5.91 Å². The van der Waals surface area contributed by atoms with Gasteiger partial charge in [0.1, 0.15) is 5.75 Å². The molecule has 0 aliphatic carbocycles. The molecule has 1 amide bonds. The molecule has 3 N–H and O–H groups in total. The summed E-state index contributed by atoms with van der Waals surface area (Å²) in [6.45, 7) is 1.56. The first-order valence-corrected chi connectivity index (χ1v) is 11.3. The van der Waals surface area contributed by atoms with Gasteiger partial charge in [-0.1, -0.05) is 18.2 Å². The minimum atomic E-state index is -0.178. The number of anilines is 3. The number of amides is 1. The van der Waals surface area contributed by atoms with Crippen LogP contribution in [0.5, 0.6) is 5.75 Å². The van der Waals surface area contributed by atoms with Gasteiger partial charge in [0, 0.05) is 49.0 Å². The second-order valence-electron chi connectivity index (χ2n) is 8.75. The van der Waals surface area contributed by atoms with E-state index in [0.717, 1.165) is 37.3 Å². The number of nitrogens with zero attached hydrogens (tertiary/aromatic N) is 5. The van der Waals surface area contributed by atoms with Crippen LogP contribution < -0.4 is 15.5 Å². The fraction of sp³-hybridized carbons (Fsp3) is 0.320. The quantitative estimate of drug-likeness (QED) is 0.560. The van der Waals surface area contributed by atoms with Gasteiger partial charge in [0.05, 0.1) is 18.5 Å². The van der Waals surface area contributed by atoms with Gasteiger partial charge >= 0.3 is 0 Å². The molecule has 2 aromatic carbocycles. The number of para-hydroxylation sites is 1. The largest absolute Gasteiger partial charge is 0.507 e. The van der Waals surface area contributed by atoms with E-state index in [0.29, 0.717) is 22.6 Å². The average Bonchev–Trinajstić information content (AvgIpc) is 3.13. The highest BCUT2D eigenvalue weighted by Gasteiger charge is 2.41. The molecule has 176 valence electrons. The molecule has 2 atom stereocenters. The van der Waals surface area contributed by atoms with Crippen LogP contribution >= 0.6 is 0 Å². The summed E-state index contributed by atoms with van der Waals surface area (Å²) < 4.78 is 0. The van der Waals surface area contributed by atoms with Crippen molar-refractivity contribution in [3.63, 3.8) is 0 Å². The zero-order chi connectivity index (χ0) is 23.8. The summed E-state index contributed by atoms with van der Waals surface area (Å²) in [7, 11) is 3.08. The molecule has 2 aliphatic heterocycles. The highest BCUT2D eigenvalue weighted by molar-refractivity contribution is 5.94. The minimum Gasteiger partial charge on any atom is -0.507 e. The fourth-order valence-electron chi connectivity index (χ4n) is 5.05. The van der Waals surface area contributed by atoms with E-state index in [9.17, 15) is 9.90 Å². The van der Waals surface area contributed by atoms with Crippen molar-refractivity contribution >= 4 is 23.1 Å². The smallest absolute Gasteiger partial charge is 0.277 e. The van der Waals surface area contributed by atoms with Gasteiger partial charge in [-0.25, -0.2) is 5.06 Å². The van der Waals surface area contributed by atoms with Crippen molar-refractivity contribution in [1.29, 1.82) is 0 Å². The predicted molar refractivity (Wildman–Crippen MR) is 131 cm³/mol. The lowest BCUT2D eigenvalue weighted by Gasteiger charge is -2.43. The van der Waals surface area contributed by atoms with Crippen molar-refractivity contribution in [2.24, 2.45) is 0 Å². The third kappa shape index (κ3) is 3.88. The molecule has 1 aromatic heterocycles. The van der Waals surface area contributed by atoms with Crippen LogP contribution in [-0.2, 0) is 4.84 Å². The first kappa shape index (κ1) is 22.0. The normalized spacial score (nSPS) is 19.4. The van der Waals surface area contributed by atoms with Crippen molar-refractivity contribution in [2.45, 2.75) is 24.9 Å². The molecule has 9 nitrogen and oxygen atoms in total. The van der Waals surface area contributed by atoms with E-state index in [1.165, 1.54) is 12.2 Å². The van der Waals surface area contributed by atoms with Crippen molar-refractivity contribution in [3.05, 3.63) is 60.2 Å². The van der Waals surface area contributed by atoms with E-state index in [1.807, 2.05) is 36.4 Å². The number of nitrogens with two attached hydrogens (primary N) is 1. The van der Waals surface area contributed by atoms with Crippen LogP contribution in [0.4, 0.5) is 17.2 Å². The number of nitrogen functional groups attached to an aromatic ring is 1. The third-order valence-corrected chi connectivity index (χ3v) is 6.76. The molecule has 2 bridgehead atoms. The number of hydrogen-bond acceptors (Lipinski definition) is 8. The molecular formula is C25H28N6O3. The summed E-state index contributed by atoms with van der Waals surface area (Å²) in [6.07, 6.45) is 2.12. The van der Waals surface area contributed by atoms with E-state index >= 15 is 0 Å². The number of hydroxylamine groups is 2. The molecule has 2 unspecified atom stereocenters. The summed E-state index contributed by atoms with van der Waals surface area (Å²) in [4.78, 5) is 22.3. The minimum absolute atomic E-state index is 0.158. The van der Waals surface area contributed by atoms with Crippen molar-refractivity contribution < 1.29 is 14.7 Å². The highest BCUT2D eigenvalue weighted by Crippen LogP contribution is 2.39. The van der Waals surface area contributed by atoms with E-state index in [1.54, 1.807) is 19.2 Å². The lowest BCUT2D eigenvalue weighted by Crippen LogP contribution is -2.54. The van der Waals surface area contributed by atoms with Crippen molar-refractivity contribution in [1.82, 2.24) is 15.3 Å². The van der Waals surface area contributed by atoms with Crippen LogP contribution in [-0.4, -0.2) is 65.6 Å². The number of aromatic nitrogens is 2. The highest BCUT2D eigenvalue weighted by atomic mass is 16.7. The lowest BCUT2D eigenvalue weighted by atomic mass is 10.1. The molecule has 9 heteroatoms. The van der Waals surface area contributed by atoms with Crippen molar-refractivity contribution in [2.75, 3.05) is 42.8 Å². The maximum Gasteiger partial charge on any atom is 0.277 e. The Hall–Kier alpha value is -3.85. The van der Waals surface area contributed by atoms with Crippen LogP contribution in [0.2, 0.25) is 0 Å². The van der Waals surface area contributed by atoms with Crippen LogP contribution in [0.1, 0.15) is 23.2 Å². The number of benzene rings is 2. The number of phenolic OH excluding ortho intramolecular Hbond substituents is 1. The van der Waals surface area contributed by atoms with Gasteiger partial charge < -0.3 is 20.6 Å². The van der Waals surface area contributed by atoms with E-state index in [2.05, 4.69) is 26.1 Å². The first-order valence-electron chi connectivity index (χ1n) is 11.3. The molecule has 2 fully saturated rings. The summed E-state index contributed by atoms with van der Waals surface area (Å²) in [5.74, 6) is 0.357. The Kier molecular flexibility index (Phi) is 5.70. The molecule has 3 heterocycles. The van der Waals surface area contributed by atoms with Gasteiger partial charge in [-0.3, -0.25) is 9.63 Å². The number of phenols is 1. The van der Waals surface area contributed by atoms with Crippen LogP contribution in [0, 0.1) is 0 Å². The van der Waals surface area contributed by atoms with Gasteiger partial charge in [-0.2, -0.15) is 0 Å². The number of aromatic hydroxyl groups is 1. The third-order valence-electron chi connectivity index (χ3n) is 6.76. The van der Waals surface area contributed by atoms with Crippen LogP contribution in [0.25, 0.3) is 11.3 Å². The monoisotopic (exact) mass is 460 g/mol. The topological polar surface area (TPSA) is 108 Å². The number of rotatable bonds is 5. The second-order valence-corrected chi connectivity index (χ2v) is 8.75. The molecule has 0 radical (unpaired) electrons. The summed E-state index contributed by atoms with van der Waals surface area (Å²) in [5, 5.41) is 19.9. The SMILES string of the molecule is CON(C)C(=O)c1cccc(N2C3CCC2CN(c2cc(-c4ccccc4O)nnc2N)C3)c1. The zero-order valence-electron chi connectivity index (χ0n) is 19.3. The molecule has 3 aromatic rings. The Morgan fingerprint density at radius 1 is 1.09 bits per heavy atom. The summed E-state index contributed by atoms with van der Waals surface area (Å²) in [5.41, 5.74) is 9.92. The Labute approximate surface area is 198 Å². The van der Waals surface area contributed by atoms with Gasteiger partial charge in [-0.05, 0) is 49.2 Å². The van der Waals surface area contributed by atoms with E-state index in [-0.39, 0.29) is 23.7 Å². The Bertz CT molecular complexity index is 1200.